The maximum Gasteiger partial charge on any atom is 0.222 e. The van der Waals surface area contributed by atoms with Crippen LogP contribution in [0.4, 0.5) is 11.8 Å². The lowest BCUT2D eigenvalue weighted by Gasteiger charge is -2.14. The predicted octanol–water partition coefficient (Wildman–Crippen LogP) is 3.82. The number of rotatable bonds is 7. The Balaban J connectivity index is 1.54. The summed E-state index contributed by atoms with van der Waals surface area (Å²) >= 11 is 0. The first-order chi connectivity index (χ1) is 15.5. The fourth-order valence-electron chi connectivity index (χ4n) is 3.45. The highest BCUT2D eigenvalue weighted by Gasteiger charge is 2.12. The largest absolute Gasteiger partial charge is 0.508 e. The SMILES string of the molecule is Nc1nc(NCC(O)Cc2ccccc2)cc(-c2cc(-c3ccc(O)cc3)ccc2O)n1. The molecule has 1 aromatic heterocycles. The van der Waals surface area contributed by atoms with E-state index in [2.05, 4.69) is 15.3 Å². The van der Waals surface area contributed by atoms with Crippen molar-refractivity contribution in [2.75, 3.05) is 17.6 Å². The number of benzene rings is 3. The van der Waals surface area contributed by atoms with Crippen molar-refractivity contribution in [3.63, 3.8) is 0 Å². The highest BCUT2D eigenvalue weighted by molar-refractivity contribution is 5.77. The lowest BCUT2D eigenvalue weighted by molar-refractivity contribution is 0.188. The number of nitrogens with zero attached hydrogens (tertiary/aromatic N) is 2. The van der Waals surface area contributed by atoms with Crippen LogP contribution >= 0.6 is 0 Å². The van der Waals surface area contributed by atoms with Gasteiger partial charge in [0.25, 0.3) is 0 Å². The summed E-state index contributed by atoms with van der Waals surface area (Å²) in [6.45, 7) is 0.282. The molecule has 1 atom stereocenters. The number of anilines is 2. The summed E-state index contributed by atoms with van der Waals surface area (Å²) in [5.41, 5.74) is 9.64. The summed E-state index contributed by atoms with van der Waals surface area (Å²) in [7, 11) is 0. The molecular formula is C25H24N4O3. The van der Waals surface area contributed by atoms with Crippen LogP contribution in [0.5, 0.6) is 11.5 Å². The molecular weight excluding hydrogens is 404 g/mol. The highest BCUT2D eigenvalue weighted by Crippen LogP contribution is 2.34. The van der Waals surface area contributed by atoms with Gasteiger partial charge >= 0.3 is 0 Å². The Morgan fingerprint density at radius 2 is 1.56 bits per heavy atom. The highest BCUT2D eigenvalue weighted by atomic mass is 16.3. The smallest absolute Gasteiger partial charge is 0.222 e. The zero-order chi connectivity index (χ0) is 22.5. The molecule has 0 bridgehead atoms. The molecule has 0 fully saturated rings. The van der Waals surface area contributed by atoms with Gasteiger partial charge in [-0.25, -0.2) is 4.98 Å². The number of aromatic nitrogens is 2. The fraction of sp³-hybridized carbons (Fsp3) is 0.120. The van der Waals surface area contributed by atoms with Crippen molar-refractivity contribution in [1.82, 2.24) is 9.97 Å². The summed E-state index contributed by atoms with van der Waals surface area (Å²) in [6.07, 6.45) is -0.0974. The molecule has 0 aliphatic heterocycles. The van der Waals surface area contributed by atoms with Gasteiger partial charge in [0.15, 0.2) is 0 Å². The number of aliphatic hydroxyl groups is 1. The Morgan fingerprint density at radius 1 is 0.844 bits per heavy atom. The van der Waals surface area contributed by atoms with Crippen molar-refractivity contribution in [2.24, 2.45) is 0 Å². The lowest BCUT2D eigenvalue weighted by atomic mass is 10.0. The molecule has 0 aliphatic carbocycles. The van der Waals surface area contributed by atoms with Gasteiger partial charge in [0, 0.05) is 24.6 Å². The lowest BCUT2D eigenvalue weighted by Crippen LogP contribution is -2.22. The molecule has 0 spiro atoms. The molecule has 6 N–H and O–H groups in total. The number of nitrogen functional groups attached to an aromatic ring is 1. The predicted molar refractivity (Wildman–Crippen MR) is 125 cm³/mol. The van der Waals surface area contributed by atoms with Crippen LogP contribution in [0.15, 0.2) is 78.9 Å². The van der Waals surface area contributed by atoms with E-state index in [1.54, 1.807) is 48.5 Å². The van der Waals surface area contributed by atoms with E-state index >= 15 is 0 Å². The van der Waals surface area contributed by atoms with E-state index in [9.17, 15) is 15.3 Å². The minimum absolute atomic E-state index is 0.0528. The van der Waals surface area contributed by atoms with Gasteiger partial charge in [-0.05, 0) is 41.0 Å². The summed E-state index contributed by atoms with van der Waals surface area (Å²) in [5.74, 6) is 0.744. The number of nitrogens with two attached hydrogens (primary N) is 1. The van der Waals surface area contributed by atoms with E-state index in [1.165, 1.54) is 0 Å². The average Bonchev–Trinajstić information content (AvgIpc) is 2.79. The molecule has 32 heavy (non-hydrogen) atoms. The molecule has 7 nitrogen and oxygen atoms in total. The molecule has 7 heteroatoms. The number of phenols is 2. The van der Waals surface area contributed by atoms with E-state index in [4.69, 9.17) is 5.73 Å². The monoisotopic (exact) mass is 428 g/mol. The molecule has 0 saturated carbocycles. The van der Waals surface area contributed by atoms with Gasteiger partial charge in [-0.1, -0.05) is 48.5 Å². The normalized spacial score (nSPS) is 11.8. The van der Waals surface area contributed by atoms with Crippen LogP contribution in [0.25, 0.3) is 22.4 Å². The van der Waals surface area contributed by atoms with Crippen LogP contribution in [0.3, 0.4) is 0 Å². The van der Waals surface area contributed by atoms with Crippen LogP contribution < -0.4 is 11.1 Å². The molecule has 3 aromatic carbocycles. The van der Waals surface area contributed by atoms with E-state index in [0.717, 1.165) is 16.7 Å². The van der Waals surface area contributed by atoms with E-state index in [1.807, 2.05) is 30.3 Å². The van der Waals surface area contributed by atoms with Gasteiger partial charge in [0.2, 0.25) is 5.95 Å². The van der Waals surface area contributed by atoms with Crippen molar-refractivity contribution >= 4 is 11.8 Å². The maximum absolute atomic E-state index is 10.4. The molecule has 0 saturated heterocycles. The Labute approximate surface area is 185 Å². The molecule has 162 valence electrons. The number of aliphatic hydroxyl groups excluding tert-OH is 1. The third-order valence-corrected chi connectivity index (χ3v) is 5.05. The van der Waals surface area contributed by atoms with Gasteiger partial charge < -0.3 is 26.4 Å². The van der Waals surface area contributed by atoms with Gasteiger partial charge in [-0.2, -0.15) is 4.98 Å². The second-order valence-corrected chi connectivity index (χ2v) is 7.50. The van der Waals surface area contributed by atoms with Crippen molar-refractivity contribution in [3.8, 4) is 33.9 Å². The van der Waals surface area contributed by atoms with Gasteiger partial charge in [-0.3, -0.25) is 0 Å². The molecule has 4 aromatic rings. The number of hydrogen-bond donors (Lipinski definition) is 5. The topological polar surface area (TPSA) is 125 Å². The second kappa shape index (κ2) is 9.36. The standard InChI is InChI=1S/C25H24N4O3/c26-25-28-22(14-24(29-25)27-15-20(31)12-16-4-2-1-3-5-16)21-13-18(8-11-23(21)32)17-6-9-19(30)10-7-17/h1-11,13-14,20,30-32H,12,15H2,(H3,26,27,28,29). The first-order valence-corrected chi connectivity index (χ1v) is 10.2. The number of hydrogen-bond acceptors (Lipinski definition) is 7. The van der Waals surface area contributed by atoms with Gasteiger partial charge in [0.1, 0.15) is 17.3 Å². The fourth-order valence-corrected chi connectivity index (χ4v) is 3.45. The molecule has 4 rings (SSSR count). The first-order valence-electron chi connectivity index (χ1n) is 10.2. The Morgan fingerprint density at radius 3 is 2.31 bits per heavy atom. The van der Waals surface area contributed by atoms with Crippen LogP contribution in [-0.2, 0) is 6.42 Å². The summed E-state index contributed by atoms with van der Waals surface area (Å²) < 4.78 is 0. The van der Waals surface area contributed by atoms with Gasteiger partial charge in [0.05, 0.1) is 11.8 Å². The molecule has 1 unspecified atom stereocenters. The second-order valence-electron chi connectivity index (χ2n) is 7.50. The minimum Gasteiger partial charge on any atom is -0.508 e. The Bertz CT molecular complexity index is 1200. The zero-order valence-corrected chi connectivity index (χ0v) is 17.3. The quantitative estimate of drug-likeness (QED) is 0.303. The molecule has 0 amide bonds. The maximum atomic E-state index is 10.4. The van der Waals surface area contributed by atoms with Crippen molar-refractivity contribution in [1.29, 1.82) is 0 Å². The third-order valence-electron chi connectivity index (χ3n) is 5.05. The molecule has 0 aliphatic rings. The minimum atomic E-state index is -0.608. The van der Waals surface area contributed by atoms with Gasteiger partial charge in [-0.15, -0.1) is 0 Å². The summed E-state index contributed by atoms with van der Waals surface area (Å²) in [4.78, 5) is 8.47. The number of nitrogens with one attached hydrogen (secondary N) is 1. The van der Waals surface area contributed by atoms with Crippen molar-refractivity contribution < 1.29 is 15.3 Å². The van der Waals surface area contributed by atoms with Crippen LogP contribution in [0, 0.1) is 0 Å². The van der Waals surface area contributed by atoms with Crippen LogP contribution in [0.2, 0.25) is 0 Å². The molecule has 0 radical (unpaired) electrons. The zero-order valence-electron chi connectivity index (χ0n) is 17.3. The molecule has 1 heterocycles. The van der Waals surface area contributed by atoms with Crippen molar-refractivity contribution in [2.45, 2.75) is 12.5 Å². The van der Waals surface area contributed by atoms with E-state index in [-0.39, 0.29) is 24.0 Å². The van der Waals surface area contributed by atoms with Crippen molar-refractivity contribution in [3.05, 3.63) is 84.4 Å². The third kappa shape index (κ3) is 5.14. The van der Waals surface area contributed by atoms with Crippen LogP contribution in [-0.4, -0.2) is 37.9 Å². The first kappa shape index (κ1) is 21.1. The summed E-state index contributed by atoms with van der Waals surface area (Å²) in [5, 5.41) is 33.4. The average molecular weight is 428 g/mol. The van der Waals surface area contributed by atoms with E-state index in [0.29, 0.717) is 23.5 Å². The van der Waals surface area contributed by atoms with E-state index < -0.39 is 6.10 Å². The number of phenolic OH excluding ortho intramolecular Hbond substituents is 2. The Hall–Kier alpha value is -4.10. The van der Waals surface area contributed by atoms with Crippen LogP contribution in [0.1, 0.15) is 5.56 Å². The summed E-state index contributed by atoms with van der Waals surface area (Å²) in [6, 6.07) is 23.4. The number of aromatic hydroxyl groups is 2. The Kier molecular flexibility index (Phi) is 6.19.